The topological polar surface area (TPSA) is 83.9 Å². The van der Waals surface area contributed by atoms with Crippen molar-refractivity contribution in [2.24, 2.45) is 0 Å². The number of benzene rings is 2. The van der Waals surface area contributed by atoms with Crippen LogP contribution in [0.25, 0.3) is 22.3 Å². The van der Waals surface area contributed by atoms with Gasteiger partial charge in [-0.25, -0.2) is 0 Å². The van der Waals surface area contributed by atoms with Crippen LogP contribution in [0.15, 0.2) is 45.6 Å². The smallest absolute Gasteiger partial charge is 0.239 e. The van der Waals surface area contributed by atoms with Crippen molar-refractivity contribution in [3.05, 3.63) is 46.6 Å². The molecule has 3 aromatic rings. The second-order valence-corrected chi connectivity index (χ2v) is 5.09. The van der Waals surface area contributed by atoms with Crippen LogP contribution in [-0.4, -0.2) is 21.3 Å². The summed E-state index contributed by atoms with van der Waals surface area (Å²) in [6, 6.07) is 10.3. The summed E-state index contributed by atoms with van der Waals surface area (Å²) in [5.41, 5.74) is 7.07. The van der Waals surface area contributed by atoms with Crippen LogP contribution < -0.4 is 25.4 Å². The molecule has 0 radical (unpaired) electrons. The molecule has 1 heterocycles. The maximum atomic E-state index is 12.9. The third-order valence-corrected chi connectivity index (χ3v) is 3.74. The summed E-state index contributed by atoms with van der Waals surface area (Å²) in [5.74, 6) is 1.19. The van der Waals surface area contributed by atoms with Crippen LogP contribution in [0, 0.1) is 0 Å². The summed E-state index contributed by atoms with van der Waals surface area (Å²) in [6.07, 6.45) is 0. The van der Waals surface area contributed by atoms with E-state index in [4.69, 9.17) is 24.4 Å². The lowest BCUT2D eigenvalue weighted by Crippen LogP contribution is -2.09. The molecule has 0 amide bonds. The highest BCUT2D eigenvalue weighted by molar-refractivity contribution is 5.89. The van der Waals surface area contributed by atoms with Gasteiger partial charge in [-0.05, 0) is 36.4 Å². The highest BCUT2D eigenvalue weighted by Gasteiger charge is 2.21. The van der Waals surface area contributed by atoms with Gasteiger partial charge in [0.05, 0.1) is 21.3 Å². The molecule has 124 valence electrons. The van der Waals surface area contributed by atoms with Gasteiger partial charge in [0.15, 0.2) is 17.3 Å². The van der Waals surface area contributed by atoms with Gasteiger partial charge in [0, 0.05) is 11.3 Å². The Bertz CT molecular complexity index is 944. The number of hydrogen-bond acceptors (Lipinski definition) is 6. The van der Waals surface area contributed by atoms with E-state index in [1.54, 1.807) is 36.4 Å². The standard InChI is InChI=1S/C18H17NO5/c1-21-13-9-8-12-14(17(13)22-2)15(20)18(23-3)16(24-12)10-4-6-11(19)7-5-10/h4-9H,19H2,1-3H3. The average Bonchev–Trinajstić information content (AvgIpc) is 2.61. The van der Waals surface area contributed by atoms with E-state index in [9.17, 15) is 4.79 Å². The highest BCUT2D eigenvalue weighted by atomic mass is 16.5. The molecule has 2 N–H and O–H groups in total. The molecule has 0 aliphatic carbocycles. The molecule has 0 saturated heterocycles. The number of methoxy groups -OCH3 is 3. The molecule has 0 atom stereocenters. The zero-order valence-corrected chi connectivity index (χ0v) is 13.6. The van der Waals surface area contributed by atoms with Crippen LogP contribution in [0.1, 0.15) is 0 Å². The lowest BCUT2D eigenvalue weighted by Gasteiger charge is -2.13. The van der Waals surface area contributed by atoms with Crippen LogP contribution in [0.2, 0.25) is 0 Å². The Labute approximate surface area is 138 Å². The number of fused-ring (bicyclic) bond motifs is 1. The van der Waals surface area contributed by atoms with E-state index in [1.807, 2.05) is 0 Å². The second-order valence-electron chi connectivity index (χ2n) is 5.09. The van der Waals surface area contributed by atoms with Gasteiger partial charge in [-0.15, -0.1) is 0 Å². The molecule has 1 aromatic heterocycles. The summed E-state index contributed by atoms with van der Waals surface area (Å²) < 4.78 is 21.8. The average molecular weight is 327 g/mol. The fraction of sp³-hybridized carbons (Fsp3) is 0.167. The van der Waals surface area contributed by atoms with E-state index in [0.29, 0.717) is 34.1 Å². The Morgan fingerprint density at radius 2 is 1.54 bits per heavy atom. The number of nitrogens with two attached hydrogens (primary N) is 1. The van der Waals surface area contributed by atoms with Crippen molar-refractivity contribution in [3.63, 3.8) is 0 Å². The van der Waals surface area contributed by atoms with Gasteiger partial charge in [0.25, 0.3) is 0 Å². The second kappa shape index (κ2) is 6.16. The maximum absolute atomic E-state index is 12.9. The molecule has 0 unspecified atom stereocenters. The number of anilines is 1. The lowest BCUT2D eigenvalue weighted by atomic mass is 10.1. The first-order chi connectivity index (χ1) is 11.6. The Kier molecular flexibility index (Phi) is 4.04. The quantitative estimate of drug-likeness (QED) is 0.741. The predicted molar refractivity (Wildman–Crippen MR) is 92.0 cm³/mol. The molecule has 0 spiro atoms. The van der Waals surface area contributed by atoms with Crippen LogP contribution in [-0.2, 0) is 0 Å². The zero-order chi connectivity index (χ0) is 17.3. The van der Waals surface area contributed by atoms with E-state index in [1.165, 1.54) is 21.3 Å². The molecular weight excluding hydrogens is 310 g/mol. The first kappa shape index (κ1) is 15.7. The fourth-order valence-electron chi connectivity index (χ4n) is 2.59. The first-order valence-electron chi connectivity index (χ1n) is 7.22. The van der Waals surface area contributed by atoms with Gasteiger partial charge in [0.2, 0.25) is 11.2 Å². The number of rotatable bonds is 4. The molecule has 2 aromatic carbocycles. The fourth-order valence-corrected chi connectivity index (χ4v) is 2.59. The van der Waals surface area contributed by atoms with Crippen molar-refractivity contribution in [2.45, 2.75) is 0 Å². The van der Waals surface area contributed by atoms with Crippen molar-refractivity contribution in [2.75, 3.05) is 27.1 Å². The van der Waals surface area contributed by atoms with Gasteiger partial charge < -0.3 is 24.4 Å². The number of hydrogen-bond donors (Lipinski definition) is 1. The molecule has 0 bridgehead atoms. The van der Waals surface area contributed by atoms with Crippen molar-refractivity contribution in [3.8, 4) is 28.6 Å². The van der Waals surface area contributed by atoms with Gasteiger partial charge in [-0.2, -0.15) is 0 Å². The molecule has 0 aliphatic heterocycles. The summed E-state index contributed by atoms with van der Waals surface area (Å²) in [4.78, 5) is 12.9. The van der Waals surface area contributed by atoms with Crippen LogP contribution in [0.4, 0.5) is 5.69 Å². The van der Waals surface area contributed by atoms with Crippen molar-refractivity contribution in [1.82, 2.24) is 0 Å². The Morgan fingerprint density at radius 3 is 2.12 bits per heavy atom. The largest absolute Gasteiger partial charge is 0.493 e. The zero-order valence-electron chi connectivity index (χ0n) is 13.6. The van der Waals surface area contributed by atoms with E-state index in [0.717, 1.165) is 0 Å². The third-order valence-electron chi connectivity index (χ3n) is 3.74. The van der Waals surface area contributed by atoms with Gasteiger partial charge in [-0.3, -0.25) is 4.79 Å². The SMILES string of the molecule is COc1ccc2oc(-c3ccc(N)cc3)c(OC)c(=O)c2c1OC. The summed E-state index contributed by atoms with van der Waals surface area (Å²) in [5, 5.41) is 0.271. The molecule has 0 aliphatic rings. The van der Waals surface area contributed by atoms with E-state index >= 15 is 0 Å². The van der Waals surface area contributed by atoms with Crippen LogP contribution >= 0.6 is 0 Å². The monoisotopic (exact) mass is 327 g/mol. The molecule has 0 saturated carbocycles. The summed E-state index contributed by atoms with van der Waals surface area (Å²) in [6.45, 7) is 0. The lowest BCUT2D eigenvalue weighted by molar-refractivity contribution is 0.356. The van der Waals surface area contributed by atoms with Gasteiger partial charge in [0.1, 0.15) is 11.0 Å². The van der Waals surface area contributed by atoms with E-state index in [2.05, 4.69) is 0 Å². The van der Waals surface area contributed by atoms with Crippen LogP contribution in [0.5, 0.6) is 17.2 Å². The molecule has 0 fully saturated rings. The van der Waals surface area contributed by atoms with Crippen molar-refractivity contribution in [1.29, 1.82) is 0 Å². The molecular formula is C18H17NO5. The Morgan fingerprint density at radius 1 is 0.875 bits per heavy atom. The maximum Gasteiger partial charge on any atom is 0.239 e. The minimum atomic E-state index is -0.332. The minimum Gasteiger partial charge on any atom is -0.493 e. The summed E-state index contributed by atoms with van der Waals surface area (Å²) in [7, 11) is 4.40. The normalized spacial score (nSPS) is 10.6. The third kappa shape index (κ3) is 2.42. The number of ether oxygens (including phenoxy) is 3. The molecule has 6 heteroatoms. The first-order valence-corrected chi connectivity index (χ1v) is 7.22. The number of nitrogen functional groups attached to an aromatic ring is 1. The van der Waals surface area contributed by atoms with Crippen LogP contribution in [0.3, 0.4) is 0 Å². The summed E-state index contributed by atoms with van der Waals surface area (Å²) >= 11 is 0. The van der Waals surface area contributed by atoms with E-state index in [-0.39, 0.29) is 16.6 Å². The van der Waals surface area contributed by atoms with Gasteiger partial charge >= 0.3 is 0 Å². The van der Waals surface area contributed by atoms with Crippen molar-refractivity contribution < 1.29 is 18.6 Å². The van der Waals surface area contributed by atoms with Gasteiger partial charge in [-0.1, -0.05) is 0 Å². The highest BCUT2D eigenvalue weighted by Crippen LogP contribution is 2.38. The Hall–Kier alpha value is -3.15. The molecule has 24 heavy (non-hydrogen) atoms. The molecule has 3 rings (SSSR count). The Balaban J connectivity index is 2.38. The van der Waals surface area contributed by atoms with Crippen molar-refractivity contribution >= 4 is 16.7 Å². The van der Waals surface area contributed by atoms with E-state index < -0.39 is 0 Å². The minimum absolute atomic E-state index is 0.0961. The predicted octanol–water partition coefficient (Wildman–Crippen LogP) is 3.07. The molecule has 6 nitrogen and oxygen atoms in total.